The zero-order valence-electron chi connectivity index (χ0n) is 17.4. The van der Waals surface area contributed by atoms with Gasteiger partial charge in [0, 0.05) is 37.4 Å². The molecule has 1 saturated heterocycles. The third kappa shape index (κ3) is 4.93. The smallest absolute Gasteiger partial charge is 0.247 e. The van der Waals surface area contributed by atoms with E-state index in [9.17, 15) is 4.79 Å². The van der Waals surface area contributed by atoms with E-state index < -0.39 is 0 Å². The Hall–Kier alpha value is -3.03. The van der Waals surface area contributed by atoms with Crippen molar-refractivity contribution in [2.24, 2.45) is 0 Å². The number of rotatable bonds is 6. The van der Waals surface area contributed by atoms with Crippen molar-refractivity contribution < 1.29 is 9.21 Å². The van der Waals surface area contributed by atoms with Crippen LogP contribution in [0.25, 0.3) is 11.5 Å². The first-order valence-electron chi connectivity index (χ1n) is 10.3. The molecule has 1 amide bonds. The third-order valence-corrected chi connectivity index (χ3v) is 5.48. The molecule has 1 fully saturated rings. The van der Waals surface area contributed by atoms with E-state index in [2.05, 4.69) is 32.2 Å². The van der Waals surface area contributed by atoms with Crippen molar-refractivity contribution in [1.82, 2.24) is 20.0 Å². The van der Waals surface area contributed by atoms with Gasteiger partial charge in [-0.1, -0.05) is 35.9 Å². The average molecular weight is 406 g/mol. The molecule has 1 N–H and O–H groups in total. The molecule has 1 aromatic heterocycles. The van der Waals surface area contributed by atoms with Gasteiger partial charge in [0.25, 0.3) is 0 Å². The summed E-state index contributed by atoms with van der Waals surface area (Å²) in [5.74, 6) is 1.19. The maximum Gasteiger partial charge on any atom is 0.247 e. The highest BCUT2D eigenvalue weighted by atomic mass is 16.4. The fourth-order valence-corrected chi connectivity index (χ4v) is 3.61. The van der Waals surface area contributed by atoms with Crippen LogP contribution in [-0.2, 0) is 4.79 Å². The minimum Gasteiger partial charge on any atom is -0.419 e. The van der Waals surface area contributed by atoms with E-state index in [1.165, 1.54) is 5.56 Å². The maximum absolute atomic E-state index is 12.3. The summed E-state index contributed by atoms with van der Waals surface area (Å²) < 4.78 is 5.91. The molecule has 0 aliphatic carbocycles. The standard InChI is InChI=1S/C23H27N5O2/c1-17-8-10-20(11-9-17)24-21(29)16-27-12-14-28(15-13-27)18(2)22-25-26-23(30-22)19-6-4-3-5-7-19/h3-11,18H,12-16H2,1-2H3,(H,24,29). The van der Waals surface area contributed by atoms with Crippen LogP contribution in [0.1, 0.15) is 24.4 Å². The fourth-order valence-electron chi connectivity index (χ4n) is 3.61. The third-order valence-electron chi connectivity index (χ3n) is 5.48. The van der Waals surface area contributed by atoms with Crippen molar-refractivity contribution in [3.05, 3.63) is 66.1 Å². The van der Waals surface area contributed by atoms with Gasteiger partial charge in [0.05, 0.1) is 12.6 Å². The van der Waals surface area contributed by atoms with E-state index in [4.69, 9.17) is 4.42 Å². The van der Waals surface area contributed by atoms with Crippen LogP contribution < -0.4 is 5.32 Å². The fraction of sp³-hybridized carbons (Fsp3) is 0.348. The summed E-state index contributed by atoms with van der Waals surface area (Å²) >= 11 is 0. The number of nitrogens with one attached hydrogen (secondary N) is 1. The first-order chi connectivity index (χ1) is 14.6. The number of carbonyl (C=O) groups excluding carboxylic acids is 1. The lowest BCUT2D eigenvalue weighted by molar-refractivity contribution is -0.117. The van der Waals surface area contributed by atoms with Crippen LogP contribution in [-0.4, -0.2) is 58.6 Å². The summed E-state index contributed by atoms with van der Waals surface area (Å²) in [5, 5.41) is 11.4. The van der Waals surface area contributed by atoms with Crippen molar-refractivity contribution >= 4 is 11.6 Å². The largest absolute Gasteiger partial charge is 0.419 e. The molecule has 0 spiro atoms. The predicted molar refractivity (Wildman–Crippen MR) is 116 cm³/mol. The van der Waals surface area contributed by atoms with Gasteiger partial charge in [-0.15, -0.1) is 10.2 Å². The maximum atomic E-state index is 12.3. The van der Waals surface area contributed by atoms with Crippen LogP contribution >= 0.6 is 0 Å². The summed E-state index contributed by atoms with van der Waals surface area (Å²) in [6.45, 7) is 7.86. The van der Waals surface area contributed by atoms with Gasteiger partial charge in [0.15, 0.2) is 0 Å². The Morgan fingerprint density at radius 1 is 1.03 bits per heavy atom. The van der Waals surface area contributed by atoms with Gasteiger partial charge in [0.2, 0.25) is 17.7 Å². The summed E-state index contributed by atoms with van der Waals surface area (Å²) in [5.41, 5.74) is 2.94. The van der Waals surface area contributed by atoms with Crippen LogP contribution in [0.2, 0.25) is 0 Å². The molecule has 7 heteroatoms. The number of aryl methyl sites for hydroxylation is 1. The molecule has 0 saturated carbocycles. The number of amides is 1. The lowest BCUT2D eigenvalue weighted by atomic mass is 10.2. The lowest BCUT2D eigenvalue weighted by Gasteiger charge is -2.36. The minimum absolute atomic E-state index is 0.0183. The Kier molecular flexibility index (Phi) is 6.21. The van der Waals surface area contributed by atoms with Crippen LogP contribution in [0.5, 0.6) is 0 Å². The lowest BCUT2D eigenvalue weighted by Crippen LogP contribution is -2.49. The average Bonchev–Trinajstić information content (AvgIpc) is 3.26. The Bertz CT molecular complexity index is 963. The minimum atomic E-state index is 0.0183. The van der Waals surface area contributed by atoms with Crippen LogP contribution in [0.15, 0.2) is 59.0 Å². The second-order valence-corrected chi connectivity index (χ2v) is 7.71. The predicted octanol–water partition coefficient (Wildman–Crippen LogP) is 3.36. The molecule has 7 nitrogen and oxygen atoms in total. The molecule has 156 valence electrons. The Labute approximate surface area is 176 Å². The molecule has 30 heavy (non-hydrogen) atoms. The number of anilines is 1. The zero-order chi connectivity index (χ0) is 20.9. The normalized spacial score (nSPS) is 16.3. The summed E-state index contributed by atoms with van der Waals surface area (Å²) in [7, 11) is 0. The van der Waals surface area contributed by atoms with Gasteiger partial charge in [-0.2, -0.15) is 0 Å². The molecule has 3 aromatic rings. The highest BCUT2D eigenvalue weighted by Gasteiger charge is 2.26. The molecule has 0 radical (unpaired) electrons. The number of carbonyl (C=O) groups is 1. The van der Waals surface area contributed by atoms with Crippen molar-refractivity contribution in [1.29, 1.82) is 0 Å². The molecule has 1 aliphatic heterocycles. The van der Waals surface area contributed by atoms with E-state index in [0.717, 1.165) is 37.4 Å². The van der Waals surface area contributed by atoms with Gasteiger partial charge in [-0.25, -0.2) is 0 Å². The molecule has 1 aliphatic rings. The number of benzene rings is 2. The molecule has 1 atom stereocenters. The Morgan fingerprint density at radius 3 is 2.43 bits per heavy atom. The molecular weight excluding hydrogens is 378 g/mol. The molecule has 4 rings (SSSR count). The molecule has 0 bridgehead atoms. The van der Waals surface area contributed by atoms with Crippen molar-refractivity contribution in [2.75, 3.05) is 38.0 Å². The highest BCUT2D eigenvalue weighted by Crippen LogP contribution is 2.24. The first kappa shape index (κ1) is 20.3. The van der Waals surface area contributed by atoms with E-state index in [1.807, 2.05) is 61.5 Å². The van der Waals surface area contributed by atoms with Gasteiger partial charge >= 0.3 is 0 Å². The quantitative estimate of drug-likeness (QED) is 0.678. The van der Waals surface area contributed by atoms with Gasteiger partial charge in [-0.3, -0.25) is 14.6 Å². The first-order valence-corrected chi connectivity index (χ1v) is 10.3. The summed E-state index contributed by atoms with van der Waals surface area (Å²) in [6.07, 6.45) is 0. The van der Waals surface area contributed by atoms with E-state index in [0.29, 0.717) is 18.3 Å². The Balaban J connectivity index is 1.27. The SMILES string of the molecule is Cc1ccc(NC(=O)CN2CCN(C(C)c3nnc(-c4ccccc4)o3)CC2)cc1. The number of hydrogen-bond donors (Lipinski definition) is 1. The zero-order valence-corrected chi connectivity index (χ0v) is 17.4. The second kappa shape index (κ2) is 9.19. The van der Waals surface area contributed by atoms with Gasteiger partial charge < -0.3 is 9.73 Å². The van der Waals surface area contributed by atoms with Crippen LogP contribution in [0.4, 0.5) is 5.69 Å². The summed E-state index contributed by atoms with van der Waals surface area (Å²) in [4.78, 5) is 16.8. The van der Waals surface area contributed by atoms with Gasteiger partial charge in [0.1, 0.15) is 0 Å². The monoisotopic (exact) mass is 405 g/mol. The van der Waals surface area contributed by atoms with Crippen molar-refractivity contribution in [3.63, 3.8) is 0 Å². The second-order valence-electron chi connectivity index (χ2n) is 7.71. The highest BCUT2D eigenvalue weighted by molar-refractivity contribution is 5.92. The topological polar surface area (TPSA) is 74.5 Å². The van der Waals surface area contributed by atoms with Crippen LogP contribution in [0, 0.1) is 6.92 Å². The summed E-state index contributed by atoms with van der Waals surface area (Å²) in [6, 6.07) is 17.7. The number of nitrogens with zero attached hydrogens (tertiary/aromatic N) is 4. The molecule has 1 unspecified atom stereocenters. The van der Waals surface area contributed by atoms with E-state index >= 15 is 0 Å². The molecule has 2 heterocycles. The molecular formula is C23H27N5O2. The number of hydrogen-bond acceptors (Lipinski definition) is 6. The van der Waals surface area contributed by atoms with Crippen molar-refractivity contribution in [3.8, 4) is 11.5 Å². The molecule has 2 aromatic carbocycles. The van der Waals surface area contributed by atoms with Crippen LogP contribution in [0.3, 0.4) is 0 Å². The van der Waals surface area contributed by atoms with Crippen molar-refractivity contribution in [2.45, 2.75) is 19.9 Å². The van der Waals surface area contributed by atoms with Gasteiger partial charge in [-0.05, 0) is 38.1 Å². The number of aromatic nitrogens is 2. The van der Waals surface area contributed by atoms with E-state index in [-0.39, 0.29) is 11.9 Å². The Morgan fingerprint density at radius 2 is 1.73 bits per heavy atom. The van der Waals surface area contributed by atoms with E-state index in [1.54, 1.807) is 0 Å². The number of piperazine rings is 1.